The van der Waals surface area contributed by atoms with Gasteiger partial charge in [-0.3, -0.25) is 0 Å². The highest BCUT2D eigenvalue weighted by molar-refractivity contribution is 5.80. The van der Waals surface area contributed by atoms with E-state index in [2.05, 4.69) is 66.4 Å². The molecule has 3 heterocycles. The monoisotopic (exact) mass is 412 g/mol. The van der Waals surface area contributed by atoms with Gasteiger partial charge in [-0.15, -0.1) is 10.2 Å². The van der Waals surface area contributed by atoms with Gasteiger partial charge in [0.25, 0.3) is 0 Å². The van der Waals surface area contributed by atoms with E-state index < -0.39 is 0 Å². The van der Waals surface area contributed by atoms with E-state index in [9.17, 15) is 0 Å². The molecule has 3 aromatic heterocycles. The summed E-state index contributed by atoms with van der Waals surface area (Å²) < 4.78 is 7.34. The Kier molecular flexibility index (Phi) is 4.97. The number of tetrazole rings is 1. The molecule has 0 atom stereocenters. The van der Waals surface area contributed by atoms with Gasteiger partial charge in [0.2, 0.25) is 11.7 Å². The number of benzene rings is 2. The van der Waals surface area contributed by atoms with Gasteiger partial charge in [0.1, 0.15) is 5.82 Å². The lowest BCUT2D eigenvalue weighted by molar-refractivity contribution is 0.327. The molecule has 154 valence electrons. The van der Waals surface area contributed by atoms with Gasteiger partial charge >= 0.3 is 0 Å². The molecule has 2 aromatic carbocycles. The number of aromatic nitrogens is 7. The summed E-state index contributed by atoms with van der Waals surface area (Å²) in [5.74, 6) is 1.98. The number of ether oxygens (including phenoxy) is 1. The molecule has 0 spiro atoms. The van der Waals surface area contributed by atoms with Gasteiger partial charge in [-0.25, -0.2) is 0 Å². The second-order valence-corrected chi connectivity index (χ2v) is 6.85. The minimum Gasteiger partial charge on any atom is -0.478 e. The molecule has 9 nitrogen and oxygen atoms in total. The summed E-state index contributed by atoms with van der Waals surface area (Å²) >= 11 is 0. The standard InChI is InChI=1S/C22H20N8O/c1-2-31-21-13-20(30-19(25-21)11-12-24-30)23-14-15-7-9-16(10-8-15)17-5-3-4-6-18(17)22-26-28-29-27-22/h3-13,23H,2,14H2,1H3,(H,26,27,28,29). The van der Waals surface area contributed by atoms with E-state index in [0.717, 1.165) is 33.7 Å². The molecule has 5 aromatic rings. The van der Waals surface area contributed by atoms with Gasteiger partial charge in [0.05, 0.1) is 12.8 Å². The fraction of sp³-hybridized carbons (Fsp3) is 0.136. The second-order valence-electron chi connectivity index (χ2n) is 6.85. The van der Waals surface area contributed by atoms with Crippen LogP contribution in [0.1, 0.15) is 12.5 Å². The third-order valence-corrected chi connectivity index (χ3v) is 4.88. The minimum atomic E-state index is 0.559. The zero-order valence-electron chi connectivity index (χ0n) is 16.9. The molecule has 9 heteroatoms. The van der Waals surface area contributed by atoms with Crippen LogP contribution in [0.4, 0.5) is 5.82 Å². The molecule has 0 radical (unpaired) electrons. The van der Waals surface area contributed by atoms with Crippen LogP contribution < -0.4 is 10.1 Å². The molecule has 0 aliphatic heterocycles. The maximum Gasteiger partial charge on any atom is 0.219 e. The molecule has 0 aliphatic rings. The third-order valence-electron chi connectivity index (χ3n) is 4.88. The Bertz CT molecular complexity index is 1300. The van der Waals surface area contributed by atoms with Crippen molar-refractivity contribution in [2.24, 2.45) is 0 Å². The normalized spacial score (nSPS) is 11.0. The molecule has 2 N–H and O–H groups in total. The number of hydrogen-bond donors (Lipinski definition) is 2. The summed E-state index contributed by atoms with van der Waals surface area (Å²) in [6.45, 7) is 3.13. The van der Waals surface area contributed by atoms with Crippen LogP contribution in [-0.4, -0.2) is 41.8 Å². The van der Waals surface area contributed by atoms with Crippen molar-refractivity contribution >= 4 is 11.5 Å². The van der Waals surface area contributed by atoms with Crippen LogP contribution in [0.3, 0.4) is 0 Å². The second kappa shape index (κ2) is 8.23. The Morgan fingerprint density at radius 2 is 1.87 bits per heavy atom. The third kappa shape index (κ3) is 3.80. The van der Waals surface area contributed by atoms with Crippen molar-refractivity contribution in [1.82, 2.24) is 35.2 Å². The van der Waals surface area contributed by atoms with Gasteiger partial charge < -0.3 is 10.1 Å². The highest BCUT2D eigenvalue weighted by Crippen LogP contribution is 2.29. The number of nitrogens with zero attached hydrogens (tertiary/aromatic N) is 6. The van der Waals surface area contributed by atoms with E-state index in [4.69, 9.17) is 4.74 Å². The van der Waals surface area contributed by atoms with E-state index in [0.29, 0.717) is 24.9 Å². The van der Waals surface area contributed by atoms with Crippen molar-refractivity contribution in [2.45, 2.75) is 13.5 Å². The SMILES string of the molecule is CCOc1cc(NCc2ccc(-c3ccccc3-c3nn[nH]n3)cc2)n2nccc2n1. The lowest BCUT2D eigenvalue weighted by Gasteiger charge is -2.12. The predicted octanol–water partition coefficient (Wildman–Crippen LogP) is 3.59. The van der Waals surface area contributed by atoms with Gasteiger partial charge in [0.15, 0.2) is 5.65 Å². The fourth-order valence-corrected chi connectivity index (χ4v) is 3.44. The van der Waals surface area contributed by atoms with Crippen molar-refractivity contribution in [2.75, 3.05) is 11.9 Å². The minimum absolute atomic E-state index is 0.559. The summed E-state index contributed by atoms with van der Waals surface area (Å²) in [4.78, 5) is 4.44. The van der Waals surface area contributed by atoms with Gasteiger partial charge in [-0.2, -0.15) is 19.8 Å². The van der Waals surface area contributed by atoms with E-state index >= 15 is 0 Å². The maximum absolute atomic E-state index is 5.57. The van der Waals surface area contributed by atoms with Crippen LogP contribution in [0.25, 0.3) is 28.2 Å². The Morgan fingerprint density at radius 3 is 2.65 bits per heavy atom. The molecular formula is C22H20N8O. The van der Waals surface area contributed by atoms with Crippen LogP contribution in [-0.2, 0) is 6.54 Å². The molecule has 0 amide bonds. The average molecular weight is 412 g/mol. The number of nitrogens with one attached hydrogen (secondary N) is 2. The van der Waals surface area contributed by atoms with Gasteiger partial charge in [-0.05, 0) is 28.8 Å². The maximum atomic E-state index is 5.57. The molecule has 0 saturated carbocycles. The first kappa shape index (κ1) is 18.7. The number of hydrogen-bond acceptors (Lipinski definition) is 7. The molecule has 31 heavy (non-hydrogen) atoms. The molecule has 0 unspecified atom stereocenters. The van der Waals surface area contributed by atoms with Crippen molar-refractivity contribution < 1.29 is 4.74 Å². The lowest BCUT2D eigenvalue weighted by Crippen LogP contribution is -2.07. The zero-order chi connectivity index (χ0) is 21.0. The number of H-pyrrole nitrogens is 1. The number of aromatic amines is 1. The fourth-order valence-electron chi connectivity index (χ4n) is 3.44. The number of rotatable bonds is 7. The molecule has 0 saturated heterocycles. The number of anilines is 1. The Balaban J connectivity index is 1.37. The molecule has 5 rings (SSSR count). The van der Waals surface area contributed by atoms with Crippen molar-refractivity contribution in [3.8, 4) is 28.4 Å². The molecule has 0 bridgehead atoms. The van der Waals surface area contributed by atoms with E-state index in [1.807, 2.05) is 37.3 Å². The summed E-state index contributed by atoms with van der Waals surface area (Å²) in [7, 11) is 0. The molecule has 0 fully saturated rings. The smallest absolute Gasteiger partial charge is 0.219 e. The van der Waals surface area contributed by atoms with Gasteiger partial charge in [-0.1, -0.05) is 48.5 Å². The highest BCUT2D eigenvalue weighted by Gasteiger charge is 2.11. The topological polar surface area (TPSA) is 106 Å². The summed E-state index contributed by atoms with van der Waals surface area (Å²) in [5.41, 5.74) is 4.94. The first-order chi connectivity index (χ1) is 15.3. The molecular weight excluding hydrogens is 392 g/mol. The summed E-state index contributed by atoms with van der Waals surface area (Å²) in [6, 6.07) is 20.1. The van der Waals surface area contributed by atoms with E-state index in [1.54, 1.807) is 10.7 Å². The average Bonchev–Trinajstić information content (AvgIpc) is 3.50. The van der Waals surface area contributed by atoms with Gasteiger partial charge in [0, 0.05) is 24.2 Å². The van der Waals surface area contributed by atoms with E-state index in [1.165, 1.54) is 0 Å². The van der Waals surface area contributed by atoms with Crippen LogP contribution in [0.5, 0.6) is 5.88 Å². The Morgan fingerprint density at radius 1 is 1.03 bits per heavy atom. The first-order valence-corrected chi connectivity index (χ1v) is 9.95. The van der Waals surface area contributed by atoms with E-state index in [-0.39, 0.29) is 0 Å². The van der Waals surface area contributed by atoms with Crippen LogP contribution >= 0.6 is 0 Å². The van der Waals surface area contributed by atoms with Crippen molar-refractivity contribution in [3.63, 3.8) is 0 Å². The number of fused-ring (bicyclic) bond motifs is 1. The Hall–Kier alpha value is -4.27. The first-order valence-electron chi connectivity index (χ1n) is 9.95. The van der Waals surface area contributed by atoms with Crippen LogP contribution in [0, 0.1) is 0 Å². The van der Waals surface area contributed by atoms with Crippen molar-refractivity contribution in [1.29, 1.82) is 0 Å². The van der Waals surface area contributed by atoms with Crippen LogP contribution in [0.15, 0.2) is 66.9 Å². The summed E-state index contributed by atoms with van der Waals surface area (Å²) in [6.07, 6.45) is 1.72. The predicted molar refractivity (Wildman–Crippen MR) is 117 cm³/mol. The lowest BCUT2D eigenvalue weighted by atomic mass is 9.98. The quantitative estimate of drug-likeness (QED) is 0.421. The highest BCUT2D eigenvalue weighted by atomic mass is 16.5. The van der Waals surface area contributed by atoms with Crippen LogP contribution in [0.2, 0.25) is 0 Å². The van der Waals surface area contributed by atoms with Crippen molar-refractivity contribution in [3.05, 3.63) is 72.4 Å². The largest absolute Gasteiger partial charge is 0.478 e. The Labute approximate surface area is 178 Å². The zero-order valence-corrected chi connectivity index (χ0v) is 16.9. The summed E-state index contributed by atoms with van der Waals surface area (Å²) in [5, 5.41) is 22.2. The molecule has 0 aliphatic carbocycles.